The van der Waals surface area contributed by atoms with Gasteiger partial charge in [-0.25, -0.2) is 9.18 Å². The van der Waals surface area contributed by atoms with E-state index in [0.717, 1.165) is 0 Å². The molecule has 2 rings (SSSR count). The van der Waals surface area contributed by atoms with Crippen molar-refractivity contribution in [3.8, 4) is 11.9 Å². The van der Waals surface area contributed by atoms with Gasteiger partial charge in [-0.05, 0) is 38.1 Å². The summed E-state index contributed by atoms with van der Waals surface area (Å²) in [6.07, 6.45) is 4.81. The van der Waals surface area contributed by atoms with Crippen LogP contribution in [0.25, 0.3) is 0 Å². The fourth-order valence-corrected chi connectivity index (χ4v) is 2.51. The summed E-state index contributed by atoms with van der Waals surface area (Å²) in [4.78, 5) is 23.3. The van der Waals surface area contributed by atoms with Gasteiger partial charge in [0.1, 0.15) is 0 Å². The number of pyridine rings is 1. The molecule has 0 aliphatic carbocycles. The molecule has 1 aromatic carbocycles. The number of ether oxygens (including phenoxy) is 1. The number of aromatic nitrogens is 1. The highest BCUT2D eigenvalue weighted by Gasteiger charge is 2.31. The van der Waals surface area contributed by atoms with Crippen LogP contribution in [-0.2, 0) is 0 Å². The van der Waals surface area contributed by atoms with Crippen molar-refractivity contribution < 1.29 is 13.9 Å². The average molecular weight is 413 g/mol. The zero-order valence-corrected chi connectivity index (χ0v) is 17.5. The summed E-state index contributed by atoms with van der Waals surface area (Å²) in [6, 6.07) is 6.98. The number of para-hydroxylation sites is 1. The molecule has 0 saturated heterocycles. The zero-order valence-electron chi connectivity index (χ0n) is 17.5. The van der Waals surface area contributed by atoms with Crippen molar-refractivity contribution in [2.75, 3.05) is 31.8 Å². The third kappa shape index (κ3) is 5.57. The first-order valence-corrected chi connectivity index (χ1v) is 8.99. The van der Waals surface area contributed by atoms with Gasteiger partial charge < -0.3 is 25.2 Å². The predicted octanol–water partition coefficient (Wildman–Crippen LogP) is 3.31. The van der Waals surface area contributed by atoms with Crippen LogP contribution in [0.1, 0.15) is 13.8 Å². The number of carbonyl (C=O) groups is 1. The third-order valence-corrected chi connectivity index (χ3v) is 4.14. The number of aliphatic imine (C=N–C) groups is 1. The minimum Gasteiger partial charge on any atom is -0.463 e. The standard InChI is InChI=1S/C20H24FN7O2/c1-20(2,28(5)19(24-13-22)27(3)4)30-17-15(21)9-6-10-16(17)26-18(29)25-14-8-7-11-23-12-14/h6-12H,1-5H3,(H2,25,26,29)/b24-19+. The number of urea groups is 1. The first-order chi connectivity index (χ1) is 14.2. The van der Waals surface area contributed by atoms with Crippen molar-refractivity contribution in [3.63, 3.8) is 0 Å². The molecule has 2 aromatic rings. The molecule has 2 N–H and O–H groups in total. The average Bonchev–Trinajstić information content (AvgIpc) is 2.68. The van der Waals surface area contributed by atoms with Gasteiger partial charge >= 0.3 is 6.03 Å². The molecule has 0 fully saturated rings. The molecule has 10 heteroatoms. The summed E-state index contributed by atoms with van der Waals surface area (Å²) < 4.78 is 20.5. The number of rotatable bonds is 5. The van der Waals surface area contributed by atoms with Crippen LogP contribution in [0.4, 0.5) is 20.6 Å². The summed E-state index contributed by atoms with van der Waals surface area (Å²) in [5, 5.41) is 14.1. The van der Waals surface area contributed by atoms with E-state index in [-0.39, 0.29) is 11.4 Å². The SMILES string of the molecule is CN(C)/C(=N\C#N)N(C)C(C)(C)Oc1c(F)cccc1NC(=O)Nc1cccnc1. The number of halogens is 1. The van der Waals surface area contributed by atoms with Crippen molar-refractivity contribution in [2.24, 2.45) is 4.99 Å². The maximum absolute atomic E-state index is 14.6. The molecule has 0 saturated carbocycles. The first-order valence-electron chi connectivity index (χ1n) is 8.99. The Bertz CT molecular complexity index is 955. The lowest BCUT2D eigenvalue weighted by atomic mass is 10.2. The van der Waals surface area contributed by atoms with Gasteiger partial charge in [-0.1, -0.05) is 6.07 Å². The van der Waals surface area contributed by atoms with Gasteiger partial charge in [0.2, 0.25) is 12.2 Å². The van der Waals surface area contributed by atoms with Gasteiger partial charge in [0.15, 0.2) is 17.3 Å². The Labute approximate surface area is 174 Å². The largest absolute Gasteiger partial charge is 0.463 e. The number of nitrogens with zero attached hydrogens (tertiary/aromatic N) is 5. The second-order valence-electron chi connectivity index (χ2n) is 6.95. The molecule has 158 valence electrons. The Morgan fingerprint density at radius 2 is 1.97 bits per heavy atom. The van der Waals surface area contributed by atoms with E-state index < -0.39 is 17.6 Å². The van der Waals surface area contributed by atoms with Gasteiger partial charge in [0, 0.05) is 27.3 Å². The van der Waals surface area contributed by atoms with Crippen molar-refractivity contribution in [1.82, 2.24) is 14.8 Å². The monoisotopic (exact) mass is 413 g/mol. The molecule has 0 aliphatic heterocycles. The quantitative estimate of drug-likeness (QED) is 0.337. The van der Waals surface area contributed by atoms with Gasteiger partial charge in [-0.2, -0.15) is 5.26 Å². The van der Waals surface area contributed by atoms with Gasteiger partial charge in [-0.15, -0.1) is 4.99 Å². The topological polar surface area (TPSA) is 106 Å². The number of nitriles is 1. The molecule has 0 aliphatic rings. The lowest BCUT2D eigenvalue weighted by Gasteiger charge is -2.39. The predicted molar refractivity (Wildman–Crippen MR) is 112 cm³/mol. The molecule has 0 bridgehead atoms. The Hall–Kier alpha value is -3.87. The number of nitrogens with one attached hydrogen (secondary N) is 2. The van der Waals surface area contributed by atoms with Crippen molar-refractivity contribution >= 4 is 23.4 Å². The lowest BCUT2D eigenvalue weighted by Crippen LogP contribution is -2.53. The molecule has 2 amide bonds. The van der Waals surface area contributed by atoms with Crippen LogP contribution in [0.3, 0.4) is 0 Å². The summed E-state index contributed by atoms with van der Waals surface area (Å²) in [5.41, 5.74) is -0.489. The van der Waals surface area contributed by atoms with Crippen molar-refractivity contribution in [1.29, 1.82) is 5.26 Å². The third-order valence-electron chi connectivity index (χ3n) is 4.14. The van der Waals surface area contributed by atoms with E-state index >= 15 is 0 Å². The lowest BCUT2D eigenvalue weighted by molar-refractivity contribution is -0.00457. The van der Waals surface area contributed by atoms with Crippen LogP contribution < -0.4 is 15.4 Å². The number of benzene rings is 1. The smallest absolute Gasteiger partial charge is 0.323 e. The molecular formula is C20H24FN7O2. The van der Waals surface area contributed by atoms with Gasteiger partial charge in [-0.3, -0.25) is 4.98 Å². The molecule has 1 aromatic heterocycles. The van der Waals surface area contributed by atoms with Crippen molar-refractivity contribution in [3.05, 3.63) is 48.5 Å². The Morgan fingerprint density at radius 1 is 1.23 bits per heavy atom. The van der Waals surface area contributed by atoms with Crippen LogP contribution in [0, 0.1) is 17.3 Å². The fraction of sp³-hybridized carbons (Fsp3) is 0.300. The van der Waals surface area contributed by atoms with Crippen LogP contribution in [-0.4, -0.2) is 53.6 Å². The van der Waals surface area contributed by atoms with Crippen LogP contribution in [0.2, 0.25) is 0 Å². The second-order valence-corrected chi connectivity index (χ2v) is 6.95. The Kier molecular flexibility index (Phi) is 7.14. The van der Waals surface area contributed by atoms with Gasteiger partial charge in [0.05, 0.1) is 17.6 Å². The number of hydrogen-bond acceptors (Lipinski definition) is 5. The summed E-state index contributed by atoms with van der Waals surface area (Å²) >= 11 is 0. The number of amides is 2. The van der Waals surface area contributed by atoms with E-state index in [0.29, 0.717) is 11.6 Å². The maximum Gasteiger partial charge on any atom is 0.323 e. The first kappa shape index (κ1) is 22.4. The van der Waals surface area contributed by atoms with E-state index in [1.807, 2.05) is 0 Å². The summed E-state index contributed by atoms with van der Waals surface area (Å²) in [7, 11) is 5.11. The number of carbonyl (C=O) groups excluding carboxylic acids is 1. The highest BCUT2D eigenvalue weighted by Crippen LogP contribution is 2.32. The van der Waals surface area contributed by atoms with Crippen LogP contribution in [0.15, 0.2) is 47.7 Å². The number of guanidine groups is 1. The molecular weight excluding hydrogens is 389 g/mol. The summed E-state index contributed by atoms with van der Waals surface area (Å²) in [6.45, 7) is 3.38. The van der Waals surface area contributed by atoms with E-state index in [1.165, 1.54) is 24.4 Å². The molecule has 0 unspecified atom stereocenters. The van der Waals surface area contributed by atoms with Crippen LogP contribution >= 0.6 is 0 Å². The van der Waals surface area contributed by atoms with Crippen LogP contribution in [0.5, 0.6) is 5.75 Å². The highest BCUT2D eigenvalue weighted by atomic mass is 19.1. The molecule has 1 heterocycles. The number of hydrogen-bond donors (Lipinski definition) is 2. The Balaban J connectivity index is 2.26. The zero-order chi connectivity index (χ0) is 22.3. The second kappa shape index (κ2) is 9.56. The van der Waals surface area contributed by atoms with E-state index in [4.69, 9.17) is 10.00 Å². The minimum atomic E-state index is -1.11. The van der Waals surface area contributed by atoms with E-state index in [2.05, 4.69) is 20.6 Å². The molecule has 30 heavy (non-hydrogen) atoms. The van der Waals surface area contributed by atoms with E-state index in [9.17, 15) is 9.18 Å². The Morgan fingerprint density at radius 3 is 2.57 bits per heavy atom. The fourth-order valence-electron chi connectivity index (χ4n) is 2.51. The van der Waals surface area contributed by atoms with Gasteiger partial charge in [0.25, 0.3) is 0 Å². The minimum absolute atomic E-state index is 0.140. The normalized spacial score (nSPS) is 11.3. The highest BCUT2D eigenvalue weighted by molar-refractivity contribution is 6.00. The van der Waals surface area contributed by atoms with E-state index in [1.54, 1.807) is 69.3 Å². The molecule has 9 nitrogen and oxygen atoms in total. The van der Waals surface area contributed by atoms with Crippen molar-refractivity contribution in [2.45, 2.75) is 19.6 Å². The molecule has 0 radical (unpaired) electrons. The number of anilines is 2. The molecule has 0 atom stereocenters. The molecule has 0 spiro atoms. The maximum atomic E-state index is 14.6. The summed E-state index contributed by atoms with van der Waals surface area (Å²) in [5.74, 6) is -0.479.